The fourth-order valence-electron chi connectivity index (χ4n) is 2.31. The van der Waals surface area contributed by atoms with E-state index in [9.17, 15) is 13.2 Å². The predicted molar refractivity (Wildman–Crippen MR) is 89.4 cm³/mol. The molecule has 0 saturated heterocycles. The molecule has 0 saturated carbocycles. The summed E-state index contributed by atoms with van der Waals surface area (Å²) in [6.45, 7) is 3.63. The lowest BCUT2D eigenvalue weighted by molar-refractivity contribution is 0.0696. The molecule has 0 aliphatic heterocycles. The van der Waals surface area contributed by atoms with Crippen LogP contribution in [0.4, 0.5) is 5.69 Å². The number of sulfonamides is 1. The summed E-state index contributed by atoms with van der Waals surface area (Å²) in [5.74, 6) is -1.09. The first kappa shape index (κ1) is 17.0. The van der Waals surface area contributed by atoms with Crippen molar-refractivity contribution in [2.45, 2.75) is 31.6 Å². The molecule has 0 aliphatic rings. The SMILES string of the molecule is CCCc1ccc(S(=O)(=O)Nc2cccc(C(=O)O)c2C)cc1. The third-order valence-corrected chi connectivity index (χ3v) is 4.96. The van der Waals surface area contributed by atoms with Crippen LogP contribution < -0.4 is 4.72 Å². The van der Waals surface area contributed by atoms with E-state index in [1.165, 1.54) is 12.1 Å². The molecule has 0 fully saturated rings. The number of hydrogen-bond acceptors (Lipinski definition) is 3. The Kier molecular flexibility index (Phi) is 5.05. The maximum atomic E-state index is 12.4. The van der Waals surface area contributed by atoms with Gasteiger partial charge in [-0.25, -0.2) is 13.2 Å². The highest BCUT2D eigenvalue weighted by molar-refractivity contribution is 7.92. The second kappa shape index (κ2) is 6.83. The molecule has 0 unspecified atom stereocenters. The molecule has 0 radical (unpaired) electrons. The Hall–Kier alpha value is -2.34. The number of carboxylic acids is 1. The van der Waals surface area contributed by atoms with Crippen LogP contribution in [0.25, 0.3) is 0 Å². The fraction of sp³-hybridized carbons (Fsp3) is 0.235. The molecule has 2 N–H and O–H groups in total. The van der Waals surface area contributed by atoms with E-state index in [1.54, 1.807) is 37.3 Å². The number of benzene rings is 2. The number of carboxylic acid groups (broad SMARTS) is 1. The Morgan fingerprint density at radius 1 is 1.13 bits per heavy atom. The zero-order valence-electron chi connectivity index (χ0n) is 13.0. The molecular formula is C17H19NO4S. The van der Waals surface area contributed by atoms with Gasteiger partial charge < -0.3 is 5.11 Å². The van der Waals surface area contributed by atoms with Gasteiger partial charge in [0, 0.05) is 0 Å². The zero-order valence-corrected chi connectivity index (χ0v) is 13.9. The second-order valence-electron chi connectivity index (χ2n) is 5.28. The van der Waals surface area contributed by atoms with Crippen LogP contribution >= 0.6 is 0 Å². The first-order chi connectivity index (χ1) is 10.8. The summed E-state index contributed by atoms with van der Waals surface area (Å²) < 4.78 is 27.3. The number of anilines is 1. The Morgan fingerprint density at radius 2 is 1.78 bits per heavy atom. The van der Waals surface area contributed by atoms with E-state index in [-0.39, 0.29) is 16.1 Å². The van der Waals surface area contributed by atoms with Gasteiger partial charge in [-0.2, -0.15) is 0 Å². The molecule has 2 aromatic carbocycles. The number of rotatable bonds is 6. The molecule has 0 spiro atoms. The van der Waals surface area contributed by atoms with Crippen molar-refractivity contribution in [2.24, 2.45) is 0 Å². The number of aryl methyl sites for hydroxylation is 1. The van der Waals surface area contributed by atoms with Crippen molar-refractivity contribution in [1.82, 2.24) is 0 Å². The Morgan fingerprint density at radius 3 is 2.35 bits per heavy atom. The van der Waals surface area contributed by atoms with Crippen molar-refractivity contribution in [3.63, 3.8) is 0 Å². The Labute approximate surface area is 136 Å². The van der Waals surface area contributed by atoms with Crippen LogP contribution in [0.1, 0.15) is 34.8 Å². The molecule has 0 aromatic heterocycles. The van der Waals surface area contributed by atoms with Crippen LogP contribution in [-0.2, 0) is 16.4 Å². The van der Waals surface area contributed by atoms with Gasteiger partial charge in [0.2, 0.25) is 0 Å². The van der Waals surface area contributed by atoms with Crippen molar-refractivity contribution < 1.29 is 18.3 Å². The average molecular weight is 333 g/mol. The number of nitrogens with one attached hydrogen (secondary N) is 1. The monoisotopic (exact) mass is 333 g/mol. The van der Waals surface area contributed by atoms with Crippen LogP contribution in [0.15, 0.2) is 47.4 Å². The van der Waals surface area contributed by atoms with Gasteiger partial charge in [-0.1, -0.05) is 31.5 Å². The molecule has 0 atom stereocenters. The van der Waals surface area contributed by atoms with Gasteiger partial charge in [0.25, 0.3) is 10.0 Å². The zero-order chi connectivity index (χ0) is 17.0. The molecule has 23 heavy (non-hydrogen) atoms. The summed E-state index contributed by atoms with van der Waals surface area (Å²) in [6.07, 6.45) is 1.89. The lowest BCUT2D eigenvalue weighted by Gasteiger charge is -2.12. The second-order valence-corrected chi connectivity index (χ2v) is 6.97. The van der Waals surface area contributed by atoms with E-state index in [0.717, 1.165) is 18.4 Å². The molecule has 2 rings (SSSR count). The average Bonchev–Trinajstić information content (AvgIpc) is 2.50. The molecule has 0 bridgehead atoms. The quantitative estimate of drug-likeness (QED) is 0.848. The largest absolute Gasteiger partial charge is 0.478 e. The van der Waals surface area contributed by atoms with Crippen LogP contribution in [0.3, 0.4) is 0 Å². The summed E-state index contributed by atoms with van der Waals surface area (Å²) >= 11 is 0. The van der Waals surface area contributed by atoms with Crippen LogP contribution in [-0.4, -0.2) is 19.5 Å². The first-order valence-electron chi connectivity index (χ1n) is 7.30. The van der Waals surface area contributed by atoms with Crippen molar-refractivity contribution in [2.75, 3.05) is 4.72 Å². The van der Waals surface area contributed by atoms with E-state index >= 15 is 0 Å². The summed E-state index contributed by atoms with van der Waals surface area (Å²) in [5, 5.41) is 9.11. The van der Waals surface area contributed by atoms with Gasteiger partial charge in [-0.15, -0.1) is 0 Å². The van der Waals surface area contributed by atoms with E-state index in [0.29, 0.717) is 5.56 Å². The molecule has 2 aromatic rings. The van der Waals surface area contributed by atoms with Crippen molar-refractivity contribution in [1.29, 1.82) is 0 Å². The Balaban J connectivity index is 2.31. The van der Waals surface area contributed by atoms with Crippen molar-refractivity contribution in [3.05, 3.63) is 59.2 Å². The summed E-state index contributed by atoms with van der Waals surface area (Å²) in [5.41, 5.74) is 1.80. The summed E-state index contributed by atoms with van der Waals surface area (Å²) in [7, 11) is -3.75. The van der Waals surface area contributed by atoms with Crippen molar-refractivity contribution in [3.8, 4) is 0 Å². The number of hydrogen-bond donors (Lipinski definition) is 2. The lowest BCUT2D eigenvalue weighted by Crippen LogP contribution is -2.15. The van der Waals surface area contributed by atoms with Gasteiger partial charge in [0.1, 0.15) is 0 Å². The van der Waals surface area contributed by atoms with Gasteiger partial charge in [0.15, 0.2) is 0 Å². The molecule has 0 heterocycles. The molecule has 5 nitrogen and oxygen atoms in total. The van der Waals surface area contributed by atoms with E-state index in [1.807, 2.05) is 0 Å². The normalized spacial score (nSPS) is 11.2. The number of aromatic carboxylic acids is 1. The highest BCUT2D eigenvalue weighted by atomic mass is 32.2. The third kappa shape index (κ3) is 3.90. The van der Waals surface area contributed by atoms with Crippen LogP contribution in [0.5, 0.6) is 0 Å². The predicted octanol–water partition coefficient (Wildman–Crippen LogP) is 3.45. The van der Waals surface area contributed by atoms with Gasteiger partial charge in [-0.05, 0) is 48.7 Å². The molecule has 6 heteroatoms. The lowest BCUT2D eigenvalue weighted by atomic mass is 10.1. The molecule has 122 valence electrons. The number of carbonyl (C=O) groups is 1. The highest BCUT2D eigenvalue weighted by Crippen LogP contribution is 2.23. The maximum absolute atomic E-state index is 12.4. The first-order valence-corrected chi connectivity index (χ1v) is 8.78. The van der Waals surface area contributed by atoms with Crippen LogP contribution in [0, 0.1) is 6.92 Å². The standard InChI is InChI=1S/C17H19NO4S/c1-3-5-13-8-10-14(11-9-13)23(21,22)18-16-7-4-6-15(12(16)2)17(19)20/h4,6-11,18H,3,5H2,1-2H3,(H,19,20). The Bertz CT molecular complexity index is 811. The summed E-state index contributed by atoms with van der Waals surface area (Å²) in [4.78, 5) is 11.3. The molecular weight excluding hydrogens is 314 g/mol. The topological polar surface area (TPSA) is 83.5 Å². The van der Waals surface area contributed by atoms with Gasteiger partial charge in [-0.3, -0.25) is 4.72 Å². The van der Waals surface area contributed by atoms with E-state index < -0.39 is 16.0 Å². The maximum Gasteiger partial charge on any atom is 0.336 e. The minimum Gasteiger partial charge on any atom is -0.478 e. The minimum absolute atomic E-state index is 0.0727. The van der Waals surface area contributed by atoms with Gasteiger partial charge in [0.05, 0.1) is 16.1 Å². The molecule has 0 aliphatic carbocycles. The molecule has 0 amide bonds. The highest BCUT2D eigenvalue weighted by Gasteiger charge is 2.17. The van der Waals surface area contributed by atoms with E-state index in [4.69, 9.17) is 5.11 Å². The smallest absolute Gasteiger partial charge is 0.336 e. The fourth-order valence-corrected chi connectivity index (χ4v) is 3.43. The van der Waals surface area contributed by atoms with Gasteiger partial charge >= 0.3 is 5.97 Å². The third-order valence-electron chi connectivity index (χ3n) is 3.58. The minimum atomic E-state index is -3.75. The van der Waals surface area contributed by atoms with Crippen molar-refractivity contribution >= 4 is 21.7 Å². The summed E-state index contributed by atoms with van der Waals surface area (Å²) in [6, 6.07) is 11.2. The van der Waals surface area contributed by atoms with Crippen LogP contribution in [0.2, 0.25) is 0 Å². The van der Waals surface area contributed by atoms with E-state index in [2.05, 4.69) is 11.6 Å².